The topological polar surface area (TPSA) is 80.3 Å². The summed E-state index contributed by atoms with van der Waals surface area (Å²) in [5, 5.41) is 3.43. The van der Waals surface area contributed by atoms with E-state index >= 15 is 0 Å². The van der Waals surface area contributed by atoms with Gasteiger partial charge in [0, 0.05) is 0 Å². The Kier molecular flexibility index (Phi) is 12.8. The van der Waals surface area contributed by atoms with E-state index in [4.69, 9.17) is 0 Å². The van der Waals surface area contributed by atoms with Crippen LogP contribution in [0.5, 0.6) is 0 Å². The normalized spacial score (nSPS) is 12.2. The molecule has 0 heterocycles. The van der Waals surface area contributed by atoms with Crippen molar-refractivity contribution >= 4 is 16.8 Å². The van der Waals surface area contributed by atoms with Gasteiger partial charge in [-0.3, -0.25) is 0 Å². The first-order chi connectivity index (χ1) is 15.4. The largest absolute Gasteiger partial charge is 0.0668 e. The van der Waals surface area contributed by atoms with Crippen molar-refractivity contribution in [1.82, 2.24) is 5.32 Å². The van der Waals surface area contributed by atoms with Crippen LogP contribution in [0.1, 0.15) is 51.4 Å². The molecular formula is C24H35INO4S2-. The van der Waals surface area contributed by atoms with Crippen LogP contribution >= 0.6 is 0 Å². The van der Waals surface area contributed by atoms with Crippen molar-refractivity contribution in [3.8, 4) is 0 Å². The summed E-state index contributed by atoms with van der Waals surface area (Å²) in [5.74, 6) is 0.214. The molecule has 8 heteroatoms. The standard InChI is InChI=1S/C24H35INO4S2/c27-31(28,23-15-7-4-8-16-23)22-14-6-13-21-26-20-12-3-1-2-11-19-25-32(29,30)24-17-9-5-10-18-24/h4-5,7-10,15-18,26H,1-3,6,11-14,19-22H2/q-1. The number of benzene rings is 2. The third-order valence-corrected chi connectivity index (χ3v) is 14.3. The van der Waals surface area contributed by atoms with E-state index in [0.29, 0.717) is 16.2 Å². The van der Waals surface area contributed by atoms with Gasteiger partial charge >= 0.3 is 145 Å². The number of hydrogen-bond acceptors (Lipinski definition) is 5. The summed E-state index contributed by atoms with van der Waals surface area (Å²) in [6.07, 6.45) is 8.12. The number of nitrogens with one attached hydrogen (secondary N) is 1. The van der Waals surface area contributed by atoms with E-state index in [1.165, 1.54) is 0 Å². The third-order valence-electron chi connectivity index (χ3n) is 5.10. The zero-order valence-electron chi connectivity index (χ0n) is 18.6. The van der Waals surface area contributed by atoms with E-state index < -0.39 is 36.7 Å². The quantitative estimate of drug-likeness (QED) is 0.131. The van der Waals surface area contributed by atoms with Crippen LogP contribution in [0.3, 0.4) is 0 Å². The average molecular weight is 593 g/mol. The molecule has 0 aliphatic carbocycles. The Morgan fingerprint density at radius 2 is 1.09 bits per heavy atom. The molecule has 0 aliphatic heterocycles. The van der Waals surface area contributed by atoms with Gasteiger partial charge in [0.2, 0.25) is 0 Å². The smallest absolute Gasteiger partial charge is 0.0622 e. The maximum atomic E-state index is 12.3. The van der Waals surface area contributed by atoms with Crippen LogP contribution < -0.4 is 25.1 Å². The Morgan fingerprint density at radius 3 is 1.72 bits per heavy atom. The number of halogens is 1. The number of hydrogen-bond donors (Lipinski definition) is 1. The van der Waals surface area contributed by atoms with Gasteiger partial charge in [-0.15, -0.1) is 0 Å². The molecule has 0 radical (unpaired) electrons. The first-order valence-electron chi connectivity index (χ1n) is 11.3. The van der Waals surface area contributed by atoms with Crippen molar-refractivity contribution in [2.45, 2.75) is 61.2 Å². The molecule has 0 unspecified atom stereocenters. The Bertz CT molecular complexity index is 884. The van der Waals surface area contributed by atoms with Crippen LogP contribution in [0.4, 0.5) is 0 Å². The van der Waals surface area contributed by atoms with Gasteiger partial charge in [-0.2, -0.15) is 0 Å². The van der Waals surface area contributed by atoms with Crippen LogP contribution in [0.2, 0.25) is 0 Å². The molecule has 0 atom stereocenters. The molecular weight excluding hydrogens is 557 g/mol. The monoisotopic (exact) mass is 592 g/mol. The van der Waals surface area contributed by atoms with Gasteiger partial charge in [-0.25, -0.2) is 8.42 Å². The van der Waals surface area contributed by atoms with Gasteiger partial charge in [-0.05, 0) is 12.1 Å². The summed E-state index contributed by atoms with van der Waals surface area (Å²) < 4.78 is 49.8. The first kappa shape index (κ1) is 27.3. The van der Waals surface area contributed by atoms with Crippen LogP contribution in [0.15, 0.2) is 70.5 Å². The molecule has 180 valence electrons. The summed E-state index contributed by atoms with van der Waals surface area (Å²) in [6.45, 7) is 1.91. The molecule has 0 aromatic heterocycles. The second-order valence-electron chi connectivity index (χ2n) is 7.76. The summed E-state index contributed by atoms with van der Waals surface area (Å²) in [5.41, 5.74) is 0. The van der Waals surface area contributed by atoms with Crippen molar-refractivity contribution in [3.63, 3.8) is 0 Å². The zero-order valence-corrected chi connectivity index (χ0v) is 22.4. The molecule has 0 saturated heterocycles. The molecule has 0 aliphatic rings. The van der Waals surface area contributed by atoms with Gasteiger partial charge in [0.15, 0.2) is 9.84 Å². The summed E-state index contributed by atoms with van der Waals surface area (Å²) in [4.78, 5) is 0.884. The minimum absolute atomic E-state index is 0.214. The van der Waals surface area contributed by atoms with E-state index in [0.717, 1.165) is 62.5 Å². The maximum absolute atomic E-state index is 12.3. The molecule has 0 fully saturated rings. The zero-order chi connectivity index (χ0) is 23.1. The molecule has 0 spiro atoms. The first-order valence-corrected chi connectivity index (χ1v) is 18.5. The molecule has 1 N–H and O–H groups in total. The third kappa shape index (κ3) is 10.8. The van der Waals surface area contributed by atoms with E-state index in [2.05, 4.69) is 5.32 Å². The predicted molar refractivity (Wildman–Crippen MR) is 127 cm³/mol. The van der Waals surface area contributed by atoms with Gasteiger partial charge in [0.05, 0.1) is 10.6 Å². The van der Waals surface area contributed by atoms with E-state index in [9.17, 15) is 16.8 Å². The molecule has 0 bridgehead atoms. The van der Waals surface area contributed by atoms with Crippen molar-refractivity contribution in [2.75, 3.05) is 23.3 Å². The average Bonchev–Trinajstić information content (AvgIpc) is 2.80. The van der Waals surface area contributed by atoms with Gasteiger partial charge < -0.3 is 0 Å². The Hall–Kier alpha value is -0.970. The second-order valence-corrected chi connectivity index (χ2v) is 17.9. The van der Waals surface area contributed by atoms with Gasteiger partial charge in [-0.1, -0.05) is 18.2 Å². The maximum Gasteiger partial charge on any atom is 0.0668 e. The Morgan fingerprint density at radius 1 is 0.594 bits per heavy atom. The Balaban J connectivity index is 1.39. The fraction of sp³-hybridized carbons (Fsp3) is 0.500. The van der Waals surface area contributed by atoms with Crippen molar-refractivity contribution < 1.29 is 36.7 Å². The molecule has 2 aromatic carbocycles. The van der Waals surface area contributed by atoms with Crippen LogP contribution in [-0.2, 0) is 16.8 Å². The molecule has 5 nitrogen and oxygen atoms in total. The van der Waals surface area contributed by atoms with Crippen molar-refractivity contribution in [1.29, 1.82) is 0 Å². The fourth-order valence-corrected chi connectivity index (χ4v) is 10.8. The summed E-state index contributed by atoms with van der Waals surface area (Å²) in [6, 6.07) is 17.4. The van der Waals surface area contributed by atoms with E-state index in [1.54, 1.807) is 48.5 Å². The van der Waals surface area contributed by atoms with Crippen LogP contribution in [0, 0.1) is 0 Å². The Labute approximate surface area is 203 Å². The predicted octanol–water partition coefficient (Wildman–Crippen LogP) is 1.65. The molecule has 2 aromatic rings. The SMILES string of the molecule is O=S(=O)(CCCCCNCCCCCCC[I-]S(=O)(=O)c1ccccc1)c1ccccc1. The number of sulfone groups is 1. The number of rotatable bonds is 17. The molecule has 0 saturated carbocycles. The van der Waals surface area contributed by atoms with E-state index in [-0.39, 0.29) is 5.75 Å². The molecule has 32 heavy (non-hydrogen) atoms. The minimum Gasteiger partial charge on any atom is -0.0622 e. The van der Waals surface area contributed by atoms with Crippen molar-refractivity contribution in [2.24, 2.45) is 0 Å². The van der Waals surface area contributed by atoms with E-state index in [1.807, 2.05) is 12.1 Å². The van der Waals surface area contributed by atoms with Gasteiger partial charge in [0.25, 0.3) is 0 Å². The number of alkyl halides is 1. The fourth-order valence-electron chi connectivity index (χ4n) is 3.27. The van der Waals surface area contributed by atoms with Gasteiger partial charge in [0.1, 0.15) is 0 Å². The minimum atomic E-state index is -3.15. The molecule has 0 amide bonds. The van der Waals surface area contributed by atoms with Crippen LogP contribution in [-0.4, -0.2) is 40.1 Å². The summed E-state index contributed by atoms with van der Waals surface area (Å²) in [7, 11) is -6.18. The second kappa shape index (κ2) is 15.0. The molecule has 2 rings (SSSR count). The number of unbranched alkanes of at least 4 members (excludes halogenated alkanes) is 6. The van der Waals surface area contributed by atoms with Crippen molar-refractivity contribution in [3.05, 3.63) is 60.7 Å². The summed E-state index contributed by atoms with van der Waals surface area (Å²) >= 11 is -0.839. The van der Waals surface area contributed by atoms with Crippen LogP contribution in [0.25, 0.3) is 0 Å².